The van der Waals surface area contributed by atoms with Gasteiger partial charge in [-0.05, 0) is 18.9 Å². The van der Waals surface area contributed by atoms with E-state index in [1.165, 1.54) is 0 Å². The molecule has 0 heterocycles. The molecule has 0 unspecified atom stereocenters. The zero-order valence-electron chi connectivity index (χ0n) is 9.40. The molecule has 1 rings (SSSR count). The molecular formula is C9H20N2O3S. The lowest BCUT2D eigenvalue weighted by Gasteiger charge is -2.05. The van der Waals surface area contributed by atoms with Crippen molar-refractivity contribution in [2.45, 2.75) is 26.7 Å². The summed E-state index contributed by atoms with van der Waals surface area (Å²) in [5.74, 6) is 0. The van der Waals surface area contributed by atoms with Crippen molar-refractivity contribution in [1.82, 2.24) is 0 Å². The molecular weight excluding hydrogens is 216 g/mol. The predicted octanol–water partition coefficient (Wildman–Crippen LogP) is 0.996. The van der Waals surface area contributed by atoms with E-state index in [1.807, 2.05) is 26.0 Å². The van der Waals surface area contributed by atoms with Crippen LogP contribution in [-0.4, -0.2) is 19.2 Å². The van der Waals surface area contributed by atoms with Crippen LogP contribution in [0.3, 0.4) is 0 Å². The molecule has 0 bridgehead atoms. The molecule has 15 heavy (non-hydrogen) atoms. The van der Waals surface area contributed by atoms with Gasteiger partial charge in [0.25, 0.3) is 10.1 Å². The van der Waals surface area contributed by atoms with E-state index in [1.54, 1.807) is 0 Å². The van der Waals surface area contributed by atoms with Gasteiger partial charge < -0.3 is 11.5 Å². The fraction of sp³-hybridized carbons (Fsp3) is 0.556. The Kier molecular flexibility index (Phi) is 9.10. The molecule has 0 amide bonds. The van der Waals surface area contributed by atoms with E-state index in [0.717, 1.165) is 24.2 Å². The number of rotatable bonds is 0. The van der Waals surface area contributed by atoms with Gasteiger partial charge in [0.05, 0.1) is 12.0 Å². The van der Waals surface area contributed by atoms with Gasteiger partial charge in [-0.3, -0.25) is 4.55 Å². The predicted molar refractivity (Wildman–Crippen MR) is 62.6 cm³/mol. The summed E-state index contributed by atoms with van der Waals surface area (Å²) in [6, 6.07) is 0. The molecule has 90 valence electrons. The van der Waals surface area contributed by atoms with Gasteiger partial charge in [-0.25, -0.2) is 0 Å². The highest BCUT2D eigenvalue weighted by Gasteiger charge is 1.97. The van der Waals surface area contributed by atoms with Crippen LogP contribution in [0, 0.1) is 0 Å². The largest absolute Gasteiger partial charge is 0.400 e. The Morgan fingerprint density at radius 2 is 1.73 bits per heavy atom. The van der Waals surface area contributed by atoms with Crippen molar-refractivity contribution in [3.8, 4) is 0 Å². The molecule has 0 saturated heterocycles. The van der Waals surface area contributed by atoms with Gasteiger partial charge >= 0.3 is 0 Å². The van der Waals surface area contributed by atoms with Gasteiger partial charge in [0, 0.05) is 5.70 Å². The molecule has 0 aromatic rings. The van der Waals surface area contributed by atoms with Crippen LogP contribution in [-0.2, 0) is 10.1 Å². The summed E-state index contributed by atoms with van der Waals surface area (Å²) < 4.78 is 25.9. The SMILES string of the molecule is CC.CS(=O)(=O)O.NC1=C(N)CCC=C1. The van der Waals surface area contributed by atoms with Gasteiger partial charge in [-0.2, -0.15) is 8.42 Å². The molecule has 0 aromatic carbocycles. The summed E-state index contributed by atoms with van der Waals surface area (Å²) in [5.41, 5.74) is 12.5. The fourth-order valence-electron chi connectivity index (χ4n) is 0.701. The summed E-state index contributed by atoms with van der Waals surface area (Å²) >= 11 is 0. The first-order valence-corrected chi connectivity index (χ1v) is 6.48. The lowest BCUT2D eigenvalue weighted by Crippen LogP contribution is -2.09. The highest BCUT2D eigenvalue weighted by Crippen LogP contribution is 2.08. The van der Waals surface area contributed by atoms with E-state index in [2.05, 4.69) is 0 Å². The maximum absolute atomic E-state index is 9.19. The first-order chi connectivity index (χ1) is 6.80. The van der Waals surface area contributed by atoms with E-state index >= 15 is 0 Å². The zero-order valence-corrected chi connectivity index (χ0v) is 10.2. The number of nitrogens with two attached hydrogens (primary N) is 2. The topological polar surface area (TPSA) is 106 Å². The smallest absolute Gasteiger partial charge is 0.261 e. The van der Waals surface area contributed by atoms with E-state index in [9.17, 15) is 8.42 Å². The van der Waals surface area contributed by atoms with Crippen LogP contribution in [0.5, 0.6) is 0 Å². The highest BCUT2D eigenvalue weighted by molar-refractivity contribution is 7.85. The van der Waals surface area contributed by atoms with Crippen LogP contribution in [0.1, 0.15) is 26.7 Å². The molecule has 6 heteroatoms. The lowest BCUT2D eigenvalue weighted by atomic mass is 10.1. The average molecular weight is 236 g/mol. The van der Waals surface area contributed by atoms with Crippen molar-refractivity contribution in [1.29, 1.82) is 0 Å². The highest BCUT2D eigenvalue weighted by atomic mass is 32.2. The molecule has 1 aliphatic rings. The summed E-state index contributed by atoms with van der Waals surface area (Å²) in [6.45, 7) is 4.00. The minimum absolute atomic E-state index is 0.715. The zero-order chi connectivity index (χ0) is 12.5. The molecule has 0 saturated carbocycles. The molecule has 0 aliphatic heterocycles. The second kappa shape index (κ2) is 8.31. The lowest BCUT2D eigenvalue weighted by molar-refractivity contribution is 0.490. The van der Waals surface area contributed by atoms with Gasteiger partial charge in [0.1, 0.15) is 0 Å². The van der Waals surface area contributed by atoms with Crippen molar-refractivity contribution < 1.29 is 13.0 Å². The monoisotopic (exact) mass is 236 g/mol. The van der Waals surface area contributed by atoms with Gasteiger partial charge in [0.15, 0.2) is 0 Å². The Bertz CT molecular complexity index is 310. The van der Waals surface area contributed by atoms with E-state index < -0.39 is 10.1 Å². The third kappa shape index (κ3) is 15.7. The Morgan fingerprint density at radius 1 is 1.33 bits per heavy atom. The van der Waals surface area contributed by atoms with Crippen molar-refractivity contribution in [3.63, 3.8) is 0 Å². The standard InChI is InChI=1S/C6H10N2.C2H6.CH4O3S/c7-5-3-1-2-4-6(5)8;1-2;1-5(2,3)4/h1,3H,2,4,7-8H2;1-2H3;1H3,(H,2,3,4). The molecule has 0 radical (unpaired) electrons. The summed E-state index contributed by atoms with van der Waals surface area (Å²) in [6.07, 6.45) is 6.56. The summed E-state index contributed by atoms with van der Waals surface area (Å²) in [5, 5.41) is 0. The van der Waals surface area contributed by atoms with E-state index in [4.69, 9.17) is 16.0 Å². The summed E-state index contributed by atoms with van der Waals surface area (Å²) in [4.78, 5) is 0. The Balaban J connectivity index is 0. The first-order valence-electron chi connectivity index (χ1n) is 4.64. The number of hydrogen-bond donors (Lipinski definition) is 3. The molecule has 0 spiro atoms. The summed E-state index contributed by atoms with van der Waals surface area (Å²) in [7, 11) is -3.67. The van der Waals surface area contributed by atoms with Crippen LogP contribution in [0.4, 0.5) is 0 Å². The van der Waals surface area contributed by atoms with Gasteiger partial charge in [-0.15, -0.1) is 0 Å². The van der Waals surface area contributed by atoms with Crippen LogP contribution < -0.4 is 11.5 Å². The minimum Gasteiger partial charge on any atom is -0.400 e. The second-order valence-corrected chi connectivity index (χ2v) is 4.12. The molecule has 5 nitrogen and oxygen atoms in total. The molecule has 0 atom stereocenters. The first kappa shape index (κ1) is 16.4. The van der Waals surface area contributed by atoms with Gasteiger partial charge in [0.2, 0.25) is 0 Å². The van der Waals surface area contributed by atoms with E-state index in [0.29, 0.717) is 6.26 Å². The van der Waals surface area contributed by atoms with Crippen LogP contribution in [0.2, 0.25) is 0 Å². The van der Waals surface area contributed by atoms with Crippen LogP contribution >= 0.6 is 0 Å². The number of allylic oxidation sites excluding steroid dienone is 3. The van der Waals surface area contributed by atoms with E-state index in [-0.39, 0.29) is 0 Å². The minimum atomic E-state index is -3.67. The maximum Gasteiger partial charge on any atom is 0.261 e. The Morgan fingerprint density at radius 3 is 1.93 bits per heavy atom. The molecule has 1 aliphatic carbocycles. The third-order valence-corrected chi connectivity index (χ3v) is 1.25. The molecule has 5 N–H and O–H groups in total. The van der Waals surface area contributed by atoms with Crippen LogP contribution in [0.25, 0.3) is 0 Å². The quantitative estimate of drug-likeness (QED) is 0.544. The Hall–Kier alpha value is -1.01. The average Bonchev–Trinajstić information content (AvgIpc) is 2.11. The van der Waals surface area contributed by atoms with Gasteiger partial charge in [-0.1, -0.05) is 19.9 Å². The second-order valence-electron chi connectivity index (χ2n) is 2.65. The third-order valence-electron chi connectivity index (χ3n) is 1.25. The Labute approximate surface area is 91.6 Å². The maximum atomic E-state index is 9.19. The van der Waals surface area contributed by atoms with Crippen molar-refractivity contribution >= 4 is 10.1 Å². The van der Waals surface area contributed by atoms with Crippen molar-refractivity contribution in [3.05, 3.63) is 23.5 Å². The van der Waals surface area contributed by atoms with Crippen molar-refractivity contribution in [2.24, 2.45) is 11.5 Å². The normalized spacial score (nSPS) is 14.7. The van der Waals surface area contributed by atoms with Crippen LogP contribution in [0.15, 0.2) is 23.5 Å². The van der Waals surface area contributed by atoms with Crippen molar-refractivity contribution in [2.75, 3.05) is 6.26 Å². The fourth-order valence-corrected chi connectivity index (χ4v) is 0.701. The number of hydrogen-bond acceptors (Lipinski definition) is 4. The molecule has 0 fully saturated rings. The molecule has 0 aromatic heterocycles.